The van der Waals surface area contributed by atoms with Gasteiger partial charge in [-0.3, -0.25) is 9.59 Å². The van der Waals surface area contributed by atoms with E-state index in [-0.39, 0.29) is 49.6 Å². The van der Waals surface area contributed by atoms with Crippen molar-refractivity contribution in [3.63, 3.8) is 0 Å². The Balaban J connectivity index is 0.639. The highest BCUT2D eigenvalue weighted by atomic mass is 35.5. The van der Waals surface area contributed by atoms with Crippen molar-refractivity contribution in [1.29, 1.82) is 0 Å². The lowest BCUT2D eigenvalue weighted by Gasteiger charge is -2.40. The highest BCUT2D eigenvalue weighted by Crippen LogP contribution is 2.59. The van der Waals surface area contributed by atoms with E-state index in [1.165, 1.54) is 0 Å². The molecule has 0 saturated carbocycles. The molecular formula is C61H74Cl4N4O13. The van der Waals surface area contributed by atoms with E-state index < -0.39 is 11.6 Å². The topological polar surface area (TPSA) is 185 Å². The van der Waals surface area contributed by atoms with Crippen LogP contribution in [-0.4, -0.2) is 169 Å². The number of amides is 2. The van der Waals surface area contributed by atoms with Gasteiger partial charge in [0.25, 0.3) is 0 Å². The number of aryl methyl sites for hydroxylation is 1. The molecule has 1 spiro atoms. The van der Waals surface area contributed by atoms with Crippen LogP contribution in [0.2, 0.25) is 20.1 Å². The molecule has 0 saturated heterocycles. The normalized spacial score (nSPS) is 15.1. The number of nitrogens with zero attached hydrogens (tertiary/aromatic N) is 2. The van der Waals surface area contributed by atoms with Crippen molar-refractivity contribution in [2.24, 2.45) is 0 Å². The number of fused-ring (bicyclic) bond motifs is 9. The van der Waals surface area contributed by atoms with E-state index in [1.807, 2.05) is 32.3 Å². The van der Waals surface area contributed by atoms with Crippen LogP contribution in [0.1, 0.15) is 75.0 Å². The van der Waals surface area contributed by atoms with Gasteiger partial charge in [0.1, 0.15) is 5.75 Å². The molecule has 2 aliphatic heterocycles. The summed E-state index contributed by atoms with van der Waals surface area (Å²) in [5, 5.41) is 17.5. The van der Waals surface area contributed by atoms with Crippen molar-refractivity contribution in [2.75, 3.05) is 156 Å². The molecule has 2 heterocycles. The zero-order valence-corrected chi connectivity index (χ0v) is 49.7. The van der Waals surface area contributed by atoms with Crippen LogP contribution in [0.15, 0.2) is 66.7 Å². The molecule has 1 aliphatic carbocycles. The summed E-state index contributed by atoms with van der Waals surface area (Å²) in [5.74, 6) is -0.492. The van der Waals surface area contributed by atoms with Crippen LogP contribution in [0.25, 0.3) is 10.8 Å². The van der Waals surface area contributed by atoms with Crippen molar-refractivity contribution in [2.45, 2.75) is 50.5 Å². The number of phenolic OH excluding ortho intramolecular Hbond substituents is 1. The molecule has 5 aromatic carbocycles. The Bertz CT molecular complexity index is 2950. The van der Waals surface area contributed by atoms with E-state index in [9.17, 15) is 19.5 Å². The number of carbonyl (C=O) groups is 3. The second-order valence-corrected chi connectivity index (χ2v) is 21.8. The van der Waals surface area contributed by atoms with Crippen LogP contribution < -0.4 is 20.4 Å². The molecule has 8 rings (SSSR count). The van der Waals surface area contributed by atoms with E-state index in [0.29, 0.717) is 157 Å². The molecule has 17 nitrogen and oxygen atoms in total. The fourth-order valence-electron chi connectivity index (χ4n) is 10.4. The first kappa shape index (κ1) is 63.0. The molecule has 82 heavy (non-hydrogen) atoms. The smallest absolute Gasteiger partial charge is 0.341 e. The summed E-state index contributed by atoms with van der Waals surface area (Å²) in [7, 11) is 4.02. The van der Waals surface area contributed by atoms with E-state index in [2.05, 4.69) is 56.8 Å². The lowest BCUT2D eigenvalue weighted by atomic mass is 9.69. The summed E-state index contributed by atoms with van der Waals surface area (Å²) < 4.78 is 51.0. The Morgan fingerprint density at radius 1 is 0.634 bits per heavy atom. The minimum Gasteiger partial charge on any atom is -0.508 e. The van der Waals surface area contributed by atoms with Gasteiger partial charge in [-0.25, -0.2) is 4.79 Å². The number of halogens is 4. The molecule has 21 heteroatoms. The second kappa shape index (κ2) is 31.8. The van der Waals surface area contributed by atoms with Crippen LogP contribution in [0.4, 0.5) is 11.4 Å². The van der Waals surface area contributed by atoms with Gasteiger partial charge in [0.2, 0.25) is 11.8 Å². The number of esters is 1. The first-order valence-electron chi connectivity index (χ1n) is 28.0. The molecule has 0 bridgehead atoms. The number of nitrogens with one attached hydrogen (secondary N) is 2. The van der Waals surface area contributed by atoms with E-state index in [4.69, 9.17) is 89.0 Å². The third-order valence-corrected chi connectivity index (χ3v) is 16.3. The zero-order chi connectivity index (χ0) is 57.8. The molecule has 1 atom stereocenters. The van der Waals surface area contributed by atoms with Crippen molar-refractivity contribution < 1.29 is 62.1 Å². The van der Waals surface area contributed by atoms with Gasteiger partial charge in [-0.2, -0.15) is 0 Å². The van der Waals surface area contributed by atoms with Crippen molar-refractivity contribution in [3.05, 3.63) is 131 Å². The highest BCUT2D eigenvalue weighted by Gasteiger charge is 2.56. The Morgan fingerprint density at radius 3 is 1.83 bits per heavy atom. The Labute approximate surface area is 499 Å². The van der Waals surface area contributed by atoms with Crippen molar-refractivity contribution in [1.82, 2.24) is 10.6 Å². The molecule has 5 aromatic rings. The van der Waals surface area contributed by atoms with E-state index >= 15 is 0 Å². The SMILES string of the molecule is CN(C)c1ccc2c3c(ccc2c1)C1(OC(=O)c2c(Cl)c(Cl)c(Cl)c(Cl)c21)c1cc2c(cc1C3)N(CCCC(=O)NCCOCCOCCOCCOCCOCCOCCOCCOCCC(=O)NCCc1ccc(O)cc1)CCC2. The second-order valence-electron chi connectivity index (χ2n) is 20.2. The van der Waals surface area contributed by atoms with Gasteiger partial charge in [0.05, 0.1) is 131 Å². The summed E-state index contributed by atoms with van der Waals surface area (Å²) in [5.41, 5.74) is 7.08. The molecule has 1 unspecified atom stereocenters. The number of anilines is 2. The third kappa shape index (κ3) is 16.5. The van der Waals surface area contributed by atoms with Crippen LogP contribution in [0.3, 0.4) is 0 Å². The Kier molecular flexibility index (Phi) is 24.4. The number of rotatable bonds is 35. The molecule has 0 fully saturated rings. The van der Waals surface area contributed by atoms with Crippen molar-refractivity contribution >= 4 is 86.3 Å². The lowest BCUT2D eigenvalue weighted by molar-refractivity contribution is -0.122. The number of aromatic hydroxyl groups is 1. The molecule has 444 valence electrons. The zero-order valence-electron chi connectivity index (χ0n) is 46.7. The maximum atomic E-state index is 14.0. The number of hydrogen-bond donors (Lipinski definition) is 3. The predicted octanol–water partition coefficient (Wildman–Crippen LogP) is 9.12. The average molecular weight is 1210 g/mol. The highest BCUT2D eigenvalue weighted by molar-refractivity contribution is 6.53. The number of benzene rings is 5. The summed E-state index contributed by atoms with van der Waals surface area (Å²) in [6, 6.07) is 21.8. The Hall–Kier alpha value is -4.99. The first-order valence-corrected chi connectivity index (χ1v) is 29.6. The van der Waals surface area contributed by atoms with Gasteiger partial charge < -0.3 is 68.2 Å². The molecule has 3 N–H and O–H groups in total. The van der Waals surface area contributed by atoms with E-state index in [1.54, 1.807) is 12.1 Å². The summed E-state index contributed by atoms with van der Waals surface area (Å²) in [4.78, 5) is 43.3. The van der Waals surface area contributed by atoms with Crippen LogP contribution in [-0.2, 0) is 77.1 Å². The number of phenols is 1. The lowest BCUT2D eigenvalue weighted by Crippen LogP contribution is -2.37. The van der Waals surface area contributed by atoms with Gasteiger partial charge in [0, 0.05) is 81.2 Å². The summed E-state index contributed by atoms with van der Waals surface area (Å²) in [6.07, 6.45) is 4.35. The van der Waals surface area contributed by atoms with E-state index in [0.717, 1.165) is 74.9 Å². The standard InChI is InChI=1S/C61H74Cl4N4O13/c1-68(2)45-10-13-47-42(37-45)9-14-49-48(47)38-44-40-51-43(39-50(44)61(49)55-54(60(73)82-61)56(62)58(64)59(65)57(55)63)5-3-19-69(51)20-4-6-52(71)67-18-22-75-24-26-77-28-30-79-32-34-81-36-35-80-33-31-78-29-27-76-25-23-74-21-16-53(72)66-17-15-41-7-11-46(70)12-8-41/h7-14,37,39-40,70H,3-6,15-36,38H2,1-2H3,(H,66,72)(H,67,71). The average Bonchev–Trinajstić information content (AvgIpc) is 1.54. The van der Waals surface area contributed by atoms with Crippen molar-refractivity contribution in [3.8, 4) is 5.75 Å². The number of ether oxygens (including phenoxy) is 9. The van der Waals surface area contributed by atoms with Gasteiger partial charge in [-0.1, -0.05) is 76.7 Å². The van der Waals surface area contributed by atoms with Crippen LogP contribution in [0, 0.1) is 0 Å². The molecule has 2 amide bonds. The maximum absolute atomic E-state index is 14.0. The third-order valence-electron chi connectivity index (χ3n) is 14.5. The predicted molar refractivity (Wildman–Crippen MR) is 318 cm³/mol. The summed E-state index contributed by atoms with van der Waals surface area (Å²) >= 11 is 27.2. The largest absolute Gasteiger partial charge is 0.508 e. The van der Waals surface area contributed by atoms with Gasteiger partial charge >= 0.3 is 5.97 Å². The Morgan fingerprint density at radius 2 is 1.21 bits per heavy atom. The van der Waals surface area contributed by atoms with Gasteiger partial charge in [0.15, 0.2) is 5.60 Å². The fourth-order valence-corrected chi connectivity index (χ4v) is 11.5. The molecule has 0 aromatic heterocycles. The van der Waals surface area contributed by atoms with Crippen LogP contribution in [0.5, 0.6) is 5.75 Å². The van der Waals surface area contributed by atoms with Crippen LogP contribution >= 0.6 is 46.4 Å². The molecule has 0 radical (unpaired) electrons. The minimum absolute atomic E-state index is 0.00639. The monoisotopic (exact) mass is 1210 g/mol. The fraction of sp³-hybridized carbons (Fsp3) is 0.492. The minimum atomic E-state index is -1.42. The number of hydrogen-bond acceptors (Lipinski definition) is 15. The maximum Gasteiger partial charge on any atom is 0.341 e. The molecular weight excluding hydrogens is 1140 g/mol. The number of carbonyl (C=O) groups excluding carboxylic acids is 3. The summed E-state index contributed by atoms with van der Waals surface area (Å²) in [6.45, 7) is 9.26. The molecule has 3 aliphatic rings. The van der Waals surface area contributed by atoms with Gasteiger partial charge in [-0.05, 0) is 102 Å². The van der Waals surface area contributed by atoms with Gasteiger partial charge in [-0.15, -0.1) is 0 Å². The quantitative estimate of drug-likeness (QED) is 0.0151. The first-order chi connectivity index (χ1) is 39.9.